The maximum Gasteiger partial charge on any atom is 0.270 e. The fourth-order valence-electron chi connectivity index (χ4n) is 1.82. The van der Waals surface area contributed by atoms with Gasteiger partial charge in [-0.2, -0.15) is 0 Å². The quantitative estimate of drug-likeness (QED) is 0.642. The fraction of sp³-hybridized carbons (Fsp3) is 0.385. The second-order valence-corrected chi connectivity index (χ2v) is 5.48. The summed E-state index contributed by atoms with van der Waals surface area (Å²) in [6, 6.07) is 3.99. The number of nitrogens with zero attached hydrogens (tertiary/aromatic N) is 2. The van der Waals surface area contributed by atoms with Gasteiger partial charge in [0.2, 0.25) is 5.91 Å². The lowest BCUT2D eigenvalue weighted by Crippen LogP contribution is -2.37. The molecule has 1 unspecified atom stereocenters. The second kappa shape index (κ2) is 7.16. The molecule has 1 atom stereocenters. The molecule has 1 aromatic carbocycles. The Kier molecular flexibility index (Phi) is 5.83. The molecule has 0 radical (unpaired) electrons. The molecule has 7 nitrogen and oxygen atoms in total. The van der Waals surface area contributed by atoms with Crippen LogP contribution in [0.3, 0.4) is 0 Å². The minimum absolute atomic E-state index is 0.158. The number of non-ortho nitro benzene ring substituents is 1. The normalized spacial score (nSPS) is 11.6. The molecular weight excluding hydrogens is 342 g/mol. The van der Waals surface area contributed by atoms with E-state index in [-0.39, 0.29) is 35.5 Å². The van der Waals surface area contributed by atoms with Gasteiger partial charge < -0.3 is 10.2 Å². The van der Waals surface area contributed by atoms with Gasteiger partial charge in [0.15, 0.2) is 0 Å². The molecule has 0 aliphatic heterocycles. The Hall–Kier alpha value is -1.96. The summed E-state index contributed by atoms with van der Waals surface area (Å²) in [5.41, 5.74) is 0.0325. The molecule has 0 aliphatic carbocycles. The van der Waals surface area contributed by atoms with Crippen LogP contribution in [0.15, 0.2) is 22.7 Å². The summed E-state index contributed by atoms with van der Waals surface area (Å²) >= 11 is 3.21. The molecule has 1 rings (SSSR count). The summed E-state index contributed by atoms with van der Waals surface area (Å²) in [7, 11) is 3.07. The summed E-state index contributed by atoms with van der Waals surface area (Å²) in [6.45, 7) is 1.92. The summed E-state index contributed by atoms with van der Waals surface area (Å²) < 4.78 is 0.470. The number of amides is 2. The number of nitro groups is 1. The summed E-state index contributed by atoms with van der Waals surface area (Å²) in [4.78, 5) is 35.4. The van der Waals surface area contributed by atoms with E-state index in [1.165, 1.54) is 30.1 Å². The van der Waals surface area contributed by atoms with Gasteiger partial charge in [-0.25, -0.2) is 0 Å². The predicted molar refractivity (Wildman–Crippen MR) is 81.0 cm³/mol. The largest absolute Gasteiger partial charge is 0.359 e. The highest BCUT2D eigenvalue weighted by Crippen LogP contribution is 2.23. The first-order valence-electron chi connectivity index (χ1n) is 6.19. The van der Waals surface area contributed by atoms with Crippen molar-refractivity contribution in [2.75, 3.05) is 20.6 Å². The molecule has 21 heavy (non-hydrogen) atoms. The number of nitro benzene ring substituents is 1. The highest BCUT2D eigenvalue weighted by Gasteiger charge is 2.22. The minimum atomic E-state index is -0.559. The molecule has 114 valence electrons. The number of halogens is 1. The van der Waals surface area contributed by atoms with Crippen molar-refractivity contribution in [3.63, 3.8) is 0 Å². The van der Waals surface area contributed by atoms with Crippen LogP contribution in [0.25, 0.3) is 0 Å². The Labute approximate surface area is 130 Å². The van der Waals surface area contributed by atoms with Crippen molar-refractivity contribution in [3.8, 4) is 0 Å². The minimum Gasteiger partial charge on any atom is -0.359 e. The van der Waals surface area contributed by atoms with E-state index in [1.807, 2.05) is 0 Å². The van der Waals surface area contributed by atoms with E-state index in [9.17, 15) is 19.7 Å². The van der Waals surface area contributed by atoms with Gasteiger partial charge in [-0.05, 0) is 22.0 Å². The van der Waals surface area contributed by atoms with E-state index in [2.05, 4.69) is 21.2 Å². The van der Waals surface area contributed by atoms with E-state index in [0.717, 1.165) is 0 Å². The van der Waals surface area contributed by atoms with Crippen LogP contribution in [0.5, 0.6) is 0 Å². The average Bonchev–Trinajstić information content (AvgIpc) is 2.45. The van der Waals surface area contributed by atoms with Crippen LogP contribution in [0.4, 0.5) is 5.69 Å². The Morgan fingerprint density at radius 3 is 2.62 bits per heavy atom. The molecule has 2 amide bonds. The highest BCUT2D eigenvalue weighted by molar-refractivity contribution is 9.10. The molecule has 0 heterocycles. The lowest BCUT2D eigenvalue weighted by atomic mass is 10.1. The van der Waals surface area contributed by atoms with E-state index in [0.29, 0.717) is 4.47 Å². The third kappa shape index (κ3) is 4.25. The molecule has 1 aromatic rings. The first-order chi connectivity index (χ1) is 9.77. The van der Waals surface area contributed by atoms with Crippen molar-refractivity contribution in [2.45, 2.75) is 6.92 Å². The zero-order valence-corrected chi connectivity index (χ0v) is 13.5. The average molecular weight is 358 g/mol. The van der Waals surface area contributed by atoms with Gasteiger partial charge in [0, 0.05) is 37.2 Å². The van der Waals surface area contributed by atoms with Crippen molar-refractivity contribution >= 4 is 33.4 Å². The summed E-state index contributed by atoms with van der Waals surface area (Å²) in [5, 5.41) is 13.3. The number of rotatable bonds is 5. The van der Waals surface area contributed by atoms with E-state index in [4.69, 9.17) is 0 Å². The molecule has 0 fully saturated rings. The van der Waals surface area contributed by atoms with E-state index in [1.54, 1.807) is 14.0 Å². The first-order valence-corrected chi connectivity index (χ1v) is 6.98. The fourth-order valence-corrected chi connectivity index (χ4v) is 2.24. The van der Waals surface area contributed by atoms with Crippen LogP contribution in [0.1, 0.15) is 17.3 Å². The van der Waals surface area contributed by atoms with Crippen molar-refractivity contribution in [2.24, 2.45) is 5.92 Å². The van der Waals surface area contributed by atoms with Gasteiger partial charge in [0.25, 0.3) is 11.6 Å². The number of nitrogens with one attached hydrogen (secondary N) is 1. The van der Waals surface area contributed by atoms with Crippen LogP contribution in [-0.4, -0.2) is 42.3 Å². The maximum atomic E-state index is 12.3. The number of benzene rings is 1. The predicted octanol–water partition coefficient (Wildman–Crippen LogP) is 1.81. The molecule has 0 saturated heterocycles. The molecule has 0 aliphatic rings. The van der Waals surface area contributed by atoms with Gasteiger partial charge in [-0.3, -0.25) is 19.7 Å². The van der Waals surface area contributed by atoms with Crippen LogP contribution in [0.2, 0.25) is 0 Å². The summed E-state index contributed by atoms with van der Waals surface area (Å²) in [5.74, 6) is -0.935. The third-order valence-electron chi connectivity index (χ3n) is 2.98. The van der Waals surface area contributed by atoms with Gasteiger partial charge in [-0.1, -0.05) is 6.92 Å². The number of carbonyl (C=O) groups is 2. The molecule has 8 heteroatoms. The first kappa shape index (κ1) is 17.1. The standard InChI is InChI=1S/C13H16BrN3O4/c1-8(12(18)15-2)7-16(3)13(19)10-6-9(17(20)21)4-5-11(10)14/h4-6,8H,7H2,1-3H3,(H,15,18). The molecule has 0 aromatic heterocycles. The highest BCUT2D eigenvalue weighted by atomic mass is 79.9. The summed E-state index contributed by atoms with van der Waals surface area (Å²) in [6.07, 6.45) is 0. The molecule has 1 N–H and O–H groups in total. The Morgan fingerprint density at radius 2 is 2.10 bits per heavy atom. The van der Waals surface area contributed by atoms with Gasteiger partial charge in [0.05, 0.1) is 16.4 Å². The molecule has 0 bridgehead atoms. The van der Waals surface area contributed by atoms with Gasteiger partial charge >= 0.3 is 0 Å². The second-order valence-electron chi connectivity index (χ2n) is 4.62. The number of hydrogen-bond acceptors (Lipinski definition) is 4. The molecule has 0 spiro atoms. The molecule has 0 saturated carbocycles. The van der Waals surface area contributed by atoms with E-state index >= 15 is 0 Å². The Balaban J connectivity index is 2.95. The number of carbonyl (C=O) groups excluding carboxylic acids is 2. The van der Waals surface area contributed by atoms with Crippen molar-refractivity contribution in [1.29, 1.82) is 0 Å². The molecular formula is C13H16BrN3O4. The van der Waals surface area contributed by atoms with Gasteiger partial charge in [0.1, 0.15) is 0 Å². The van der Waals surface area contributed by atoms with Crippen LogP contribution in [-0.2, 0) is 4.79 Å². The zero-order chi connectivity index (χ0) is 16.2. The number of hydrogen-bond donors (Lipinski definition) is 1. The van der Waals surface area contributed by atoms with Crippen LogP contribution < -0.4 is 5.32 Å². The van der Waals surface area contributed by atoms with Gasteiger partial charge in [-0.15, -0.1) is 0 Å². The van der Waals surface area contributed by atoms with Crippen molar-refractivity contribution in [3.05, 3.63) is 38.3 Å². The maximum absolute atomic E-state index is 12.3. The Morgan fingerprint density at radius 1 is 1.48 bits per heavy atom. The topological polar surface area (TPSA) is 92.6 Å². The lowest BCUT2D eigenvalue weighted by Gasteiger charge is -2.21. The van der Waals surface area contributed by atoms with Crippen LogP contribution >= 0.6 is 15.9 Å². The third-order valence-corrected chi connectivity index (χ3v) is 3.67. The van der Waals surface area contributed by atoms with Crippen molar-refractivity contribution in [1.82, 2.24) is 10.2 Å². The van der Waals surface area contributed by atoms with Crippen LogP contribution in [0, 0.1) is 16.0 Å². The monoisotopic (exact) mass is 357 g/mol. The lowest BCUT2D eigenvalue weighted by molar-refractivity contribution is -0.384. The zero-order valence-electron chi connectivity index (χ0n) is 11.9. The Bertz CT molecular complexity index is 577. The smallest absolute Gasteiger partial charge is 0.270 e. The van der Waals surface area contributed by atoms with E-state index < -0.39 is 4.92 Å². The SMILES string of the molecule is CNC(=O)C(C)CN(C)C(=O)c1cc([N+](=O)[O-])ccc1Br. The van der Waals surface area contributed by atoms with Crippen molar-refractivity contribution < 1.29 is 14.5 Å².